The van der Waals surface area contributed by atoms with E-state index in [0.29, 0.717) is 18.5 Å². The highest BCUT2D eigenvalue weighted by atomic mass is 16.6. The zero-order valence-corrected chi connectivity index (χ0v) is 17.8. The van der Waals surface area contributed by atoms with Crippen molar-refractivity contribution in [3.8, 4) is 0 Å². The molecule has 160 valence electrons. The van der Waals surface area contributed by atoms with E-state index in [9.17, 15) is 19.7 Å². The predicted molar refractivity (Wildman–Crippen MR) is 116 cm³/mol. The van der Waals surface area contributed by atoms with Gasteiger partial charge in [0.2, 0.25) is 11.8 Å². The first-order chi connectivity index (χ1) is 14.4. The maximum Gasteiger partial charge on any atom is 0.273 e. The zero-order valence-electron chi connectivity index (χ0n) is 17.8. The van der Waals surface area contributed by atoms with Crippen molar-refractivity contribution in [2.24, 2.45) is 0 Å². The molecule has 0 aliphatic heterocycles. The third-order valence-electron chi connectivity index (χ3n) is 4.94. The van der Waals surface area contributed by atoms with Crippen LogP contribution in [0.1, 0.15) is 43.4 Å². The number of aryl methyl sites for hydroxylation is 1. The molecule has 2 aromatic carbocycles. The van der Waals surface area contributed by atoms with Gasteiger partial charge in [-0.15, -0.1) is 0 Å². The van der Waals surface area contributed by atoms with Crippen molar-refractivity contribution in [3.63, 3.8) is 0 Å². The lowest BCUT2D eigenvalue weighted by Crippen LogP contribution is -2.49. The highest BCUT2D eigenvalue weighted by molar-refractivity contribution is 5.88. The molecule has 0 saturated heterocycles. The van der Waals surface area contributed by atoms with Crippen molar-refractivity contribution >= 4 is 17.5 Å². The second-order valence-electron chi connectivity index (χ2n) is 7.28. The van der Waals surface area contributed by atoms with E-state index in [1.54, 1.807) is 18.2 Å². The fourth-order valence-electron chi connectivity index (χ4n) is 3.28. The first kappa shape index (κ1) is 23.1. The van der Waals surface area contributed by atoms with Crippen molar-refractivity contribution in [2.75, 3.05) is 6.54 Å². The summed E-state index contributed by atoms with van der Waals surface area (Å²) in [4.78, 5) is 38.4. The van der Waals surface area contributed by atoms with Gasteiger partial charge in [-0.25, -0.2) is 0 Å². The van der Waals surface area contributed by atoms with E-state index in [1.807, 2.05) is 45.0 Å². The summed E-state index contributed by atoms with van der Waals surface area (Å²) in [5.41, 5.74) is 2.25. The molecule has 0 fully saturated rings. The van der Waals surface area contributed by atoms with Crippen LogP contribution in [0, 0.1) is 17.0 Å². The highest BCUT2D eigenvalue weighted by Gasteiger charge is 2.29. The van der Waals surface area contributed by atoms with E-state index in [2.05, 4.69) is 5.32 Å². The van der Waals surface area contributed by atoms with E-state index in [4.69, 9.17) is 0 Å². The summed E-state index contributed by atoms with van der Waals surface area (Å²) in [7, 11) is 0. The quantitative estimate of drug-likeness (QED) is 0.476. The van der Waals surface area contributed by atoms with Crippen molar-refractivity contribution < 1.29 is 14.5 Å². The van der Waals surface area contributed by atoms with Gasteiger partial charge < -0.3 is 10.2 Å². The van der Waals surface area contributed by atoms with Gasteiger partial charge in [0, 0.05) is 24.7 Å². The third-order valence-corrected chi connectivity index (χ3v) is 4.94. The molecule has 2 aromatic rings. The van der Waals surface area contributed by atoms with E-state index in [-0.39, 0.29) is 30.5 Å². The lowest BCUT2D eigenvalue weighted by Gasteiger charge is -2.30. The summed E-state index contributed by atoms with van der Waals surface area (Å²) in [6.45, 7) is 6.60. The molecule has 0 unspecified atom stereocenters. The number of nitro benzene ring substituents is 1. The summed E-state index contributed by atoms with van der Waals surface area (Å²) in [5.74, 6) is -0.522. The smallest absolute Gasteiger partial charge is 0.273 e. The van der Waals surface area contributed by atoms with Crippen molar-refractivity contribution in [2.45, 2.75) is 52.6 Å². The number of hydrogen-bond acceptors (Lipinski definition) is 4. The average molecular weight is 412 g/mol. The Bertz CT molecular complexity index is 880. The van der Waals surface area contributed by atoms with E-state index in [1.165, 1.54) is 11.0 Å². The molecule has 0 spiro atoms. The SMILES string of the molecule is CCCNC(=O)[C@@H](CC)N(Cc1ccc(C)cc1)C(=O)Cc1ccccc1[N+](=O)[O-]. The zero-order chi connectivity index (χ0) is 22.1. The summed E-state index contributed by atoms with van der Waals surface area (Å²) < 4.78 is 0. The van der Waals surface area contributed by atoms with Crippen LogP contribution >= 0.6 is 0 Å². The van der Waals surface area contributed by atoms with Crippen LogP contribution in [-0.2, 0) is 22.6 Å². The molecule has 0 saturated carbocycles. The van der Waals surface area contributed by atoms with Gasteiger partial charge >= 0.3 is 0 Å². The van der Waals surface area contributed by atoms with E-state index in [0.717, 1.165) is 17.5 Å². The van der Waals surface area contributed by atoms with Crippen LogP contribution < -0.4 is 5.32 Å². The van der Waals surface area contributed by atoms with E-state index < -0.39 is 11.0 Å². The van der Waals surface area contributed by atoms with Crippen LogP contribution in [0.4, 0.5) is 5.69 Å². The fourth-order valence-corrected chi connectivity index (χ4v) is 3.28. The third kappa shape index (κ3) is 6.14. The molecule has 0 radical (unpaired) electrons. The lowest BCUT2D eigenvalue weighted by atomic mass is 10.0. The van der Waals surface area contributed by atoms with Crippen molar-refractivity contribution in [1.82, 2.24) is 10.2 Å². The summed E-state index contributed by atoms with van der Waals surface area (Å²) in [5, 5.41) is 14.2. The van der Waals surface area contributed by atoms with Gasteiger partial charge in [0.05, 0.1) is 11.3 Å². The van der Waals surface area contributed by atoms with Gasteiger partial charge in [0.25, 0.3) is 5.69 Å². The van der Waals surface area contributed by atoms with Crippen LogP contribution in [0.2, 0.25) is 0 Å². The topological polar surface area (TPSA) is 92.6 Å². The second kappa shape index (κ2) is 11.1. The van der Waals surface area contributed by atoms with E-state index >= 15 is 0 Å². The minimum absolute atomic E-state index is 0.0929. The molecule has 0 heterocycles. The number of nitrogens with zero attached hydrogens (tertiary/aromatic N) is 2. The Morgan fingerprint density at radius 2 is 1.77 bits per heavy atom. The number of hydrogen-bond donors (Lipinski definition) is 1. The molecule has 0 bridgehead atoms. The monoisotopic (exact) mass is 411 g/mol. The van der Waals surface area contributed by atoms with Gasteiger partial charge in [-0.2, -0.15) is 0 Å². The molecular formula is C23H29N3O4. The van der Waals surface area contributed by atoms with Crippen LogP contribution in [0.15, 0.2) is 48.5 Å². The van der Waals surface area contributed by atoms with Crippen molar-refractivity contribution in [3.05, 3.63) is 75.3 Å². The molecule has 30 heavy (non-hydrogen) atoms. The van der Waals surface area contributed by atoms with Crippen LogP contribution in [-0.4, -0.2) is 34.2 Å². The largest absolute Gasteiger partial charge is 0.354 e. The fraction of sp³-hybridized carbons (Fsp3) is 0.391. The standard InChI is InChI=1S/C23H29N3O4/c1-4-14-24-23(28)20(5-2)25(16-18-12-10-17(3)11-13-18)22(27)15-19-8-6-7-9-21(19)26(29)30/h6-13,20H,4-5,14-16H2,1-3H3,(H,24,28)/t20-/m1/s1. The Labute approximate surface area is 177 Å². The van der Waals surface area contributed by atoms with Gasteiger partial charge in [-0.05, 0) is 25.3 Å². The maximum absolute atomic E-state index is 13.3. The highest BCUT2D eigenvalue weighted by Crippen LogP contribution is 2.21. The van der Waals surface area contributed by atoms with Crippen LogP contribution in [0.3, 0.4) is 0 Å². The first-order valence-electron chi connectivity index (χ1n) is 10.2. The molecule has 0 aliphatic carbocycles. The van der Waals surface area contributed by atoms with Gasteiger partial charge in [0.15, 0.2) is 0 Å². The molecular weight excluding hydrogens is 382 g/mol. The Kier molecular flexibility index (Phi) is 8.53. The second-order valence-corrected chi connectivity index (χ2v) is 7.28. The summed E-state index contributed by atoms with van der Waals surface area (Å²) >= 11 is 0. The number of nitro groups is 1. The molecule has 7 heteroatoms. The normalized spacial score (nSPS) is 11.6. The van der Waals surface area contributed by atoms with Crippen LogP contribution in [0.5, 0.6) is 0 Å². The molecule has 7 nitrogen and oxygen atoms in total. The lowest BCUT2D eigenvalue weighted by molar-refractivity contribution is -0.385. The number of nitrogens with one attached hydrogen (secondary N) is 1. The number of para-hydroxylation sites is 1. The minimum Gasteiger partial charge on any atom is -0.354 e. The number of carbonyl (C=O) groups is 2. The van der Waals surface area contributed by atoms with Crippen molar-refractivity contribution in [1.29, 1.82) is 0 Å². The summed E-state index contributed by atoms with van der Waals surface area (Å²) in [6.07, 6.45) is 1.11. The molecule has 2 rings (SSSR count). The maximum atomic E-state index is 13.3. The molecule has 0 aliphatic rings. The molecule has 1 N–H and O–H groups in total. The first-order valence-corrected chi connectivity index (χ1v) is 10.2. The predicted octanol–water partition coefficient (Wildman–Crippen LogP) is 3.78. The number of carbonyl (C=O) groups excluding carboxylic acids is 2. The Morgan fingerprint density at radius 3 is 2.37 bits per heavy atom. The van der Waals surface area contributed by atoms with Gasteiger partial charge in [-0.1, -0.05) is 61.9 Å². The minimum atomic E-state index is -0.645. The van der Waals surface area contributed by atoms with Crippen LogP contribution in [0.25, 0.3) is 0 Å². The molecule has 1 atom stereocenters. The Balaban J connectivity index is 2.33. The average Bonchev–Trinajstić information content (AvgIpc) is 2.73. The number of rotatable bonds is 10. The molecule has 0 aromatic heterocycles. The number of benzene rings is 2. The molecule has 2 amide bonds. The number of amides is 2. The summed E-state index contributed by atoms with van der Waals surface area (Å²) in [6, 6.07) is 13.3. The van der Waals surface area contributed by atoms with Gasteiger partial charge in [0.1, 0.15) is 6.04 Å². The Morgan fingerprint density at radius 1 is 1.10 bits per heavy atom. The van der Waals surface area contributed by atoms with Gasteiger partial charge in [-0.3, -0.25) is 19.7 Å². The Hall–Kier alpha value is -3.22.